The number of amides is 2. The standard InChI is InChI=1S/C18H20N2O2S2/c1-23-13-14-4-6-15(7-5-14)17(21)19-8-10-20(11-9-19)18(22)16-3-2-12-24-16/h2-7,12H,8-11,13H2,1H3. The van der Waals surface area contributed by atoms with Gasteiger partial charge in [-0.3, -0.25) is 9.59 Å². The fraction of sp³-hybridized carbons (Fsp3) is 0.333. The van der Waals surface area contributed by atoms with Crippen LogP contribution < -0.4 is 0 Å². The Morgan fingerprint density at radius 1 is 1.00 bits per heavy atom. The van der Waals surface area contributed by atoms with Crippen LogP contribution in [-0.2, 0) is 5.75 Å². The zero-order chi connectivity index (χ0) is 16.9. The first-order chi connectivity index (χ1) is 11.7. The average Bonchev–Trinajstić information content (AvgIpc) is 3.16. The van der Waals surface area contributed by atoms with E-state index in [1.807, 2.05) is 51.6 Å². The van der Waals surface area contributed by atoms with Gasteiger partial charge < -0.3 is 9.80 Å². The van der Waals surface area contributed by atoms with Gasteiger partial charge in [-0.15, -0.1) is 11.3 Å². The molecule has 2 amide bonds. The fourth-order valence-electron chi connectivity index (χ4n) is 2.76. The Bertz CT molecular complexity index is 690. The Morgan fingerprint density at radius 3 is 2.17 bits per heavy atom. The molecule has 2 heterocycles. The summed E-state index contributed by atoms with van der Waals surface area (Å²) in [7, 11) is 0. The van der Waals surface area contributed by atoms with E-state index < -0.39 is 0 Å². The van der Waals surface area contributed by atoms with Crippen LogP contribution in [-0.4, -0.2) is 54.0 Å². The number of thiophene rings is 1. The van der Waals surface area contributed by atoms with Gasteiger partial charge >= 0.3 is 0 Å². The van der Waals surface area contributed by atoms with Crippen LogP contribution >= 0.6 is 23.1 Å². The number of hydrogen-bond acceptors (Lipinski definition) is 4. The van der Waals surface area contributed by atoms with Gasteiger partial charge in [0, 0.05) is 37.5 Å². The summed E-state index contributed by atoms with van der Waals surface area (Å²) in [5, 5.41) is 1.91. The van der Waals surface area contributed by atoms with Gasteiger partial charge in [0.25, 0.3) is 11.8 Å². The molecule has 4 nitrogen and oxygen atoms in total. The smallest absolute Gasteiger partial charge is 0.264 e. The van der Waals surface area contributed by atoms with Gasteiger partial charge in [-0.2, -0.15) is 11.8 Å². The number of carbonyl (C=O) groups is 2. The van der Waals surface area contributed by atoms with Gasteiger partial charge in [-0.1, -0.05) is 18.2 Å². The van der Waals surface area contributed by atoms with E-state index in [1.54, 1.807) is 11.8 Å². The molecule has 6 heteroatoms. The molecular formula is C18H20N2O2S2. The van der Waals surface area contributed by atoms with E-state index in [1.165, 1.54) is 16.9 Å². The maximum Gasteiger partial charge on any atom is 0.264 e. The molecule has 0 unspecified atom stereocenters. The van der Waals surface area contributed by atoms with Gasteiger partial charge in [0.15, 0.2) is 0 Å². The van der Waals surface area contributed by atoms with Crippen LogP contribution in [0.15, 0.2) is 41.8 Å². The summed E-state index contributed by atoms with van der Waals surface area (Å²) >= 11 is 3.23. The molecule has 24 heavy (non-hydrogen) atoms. The number of thioether (sulfide) groups is 1. The second kappa shape index (κ2) is 7.85. The third kappa shape index (κ3) is 3.82. The van der Waals surface area contributed by atoms with Gasteiger partial charge in [0.1, 0.15) is 0 Å². The zero-order valence-corrected chi connectivity index (χ0v) is 15.2. The van der Waals surface area contributed by atoms with E-state index in [-0.39, 0.29) is 11.8 Å². The SMILES string of the molecule is CSCc1ccc(C(=O)N2CCN(C(=O)c3cccs3)CC2)cc1. The molecule has 1 aromatic carbocycles. The number of hydrogen-bond donors (Lipinski definition) is 0. The van der Waals surface area contributed by atoms with Crippen molar-refractivity contribution in [1.82, 2.24) is 9.80 Å². The van der Waals surface area contributed by atoms with E-state index in [9.17, 15) is 9.59 Å². The van der Waals surface area contributed by atoms with E-state index in [0.717, 1.165) is 16.2 Å². The highest BCUT2D eigenvalue weighted by atomic mass is 32.2. The normalized spacial score (nSPS) is 14.7. The first kappa shape index (κ1) is 17.0. The lowest BCUT2D eigenvalue weighted by atomic mass is 10.1. The van der Waals surface area contributed by atoms with E-state index in [4.69, 9.17) is 0 Å². The Labute approximate surface area is 150 Å². The quantitative estimate of drug-likeness (QED) is 0.841. The summed E-state index contributed by atoms with van der Waals surface area (Å²) in [6.45, 7) is 2.35. The second-order valence-electron chi connectivity index (χ2n) is 5.69. The summed E-state index contributed by atoms with van der Waals surface area (Å²) in [6.07, 6.45) is 2.07. The van der Waals surface area contributed by atoms with Crippen LogP contribution in [0.3, 0.4) is 0 Å². The van der Waals surface area contributed by atoms with Gasteiger partial charge in [0.05, 0.1) is 4.88 Å². The Kier molecular flexibility index (Phi) is 5.58. The number of nitrogens with zero attached hydrogens (tertiary/aromatic N) is 2. The monoisotopic (exact) mass is 360 g/mol. The molecule has 0 N–H and O–H groups in total. The summed E-state index contributed by atoms with van der Waals surface area (Å²) in [6, 6.07) is 11.6. The minimum absolute atomic E-state index is 0.0499. The lowest BCUT2D eigenvalue weighted by molar-refractivity contribution is 0.0538. The molecule has 1 fully saturated rings. The molecule has 1 aliphatic rings. The van der Waals surface area contributed by atoms with Gasteiger partial charge in [0.2, 0.25) is 0 Å². The van der Waals surface area contributed by atoms with Crippen molar-refractivity contribution in [3.63, 3.8) is 0 Å². The number of rotatable bonds is 4. The van der Waals surface area contributed by atoms with Crippen molar-refractivity contribution >= 4 is 34.9 Å². The molecule has 126 valence electrons. The van der Waals surface area contributed by atoms with Gasteiger partial charge in [-0.05, 0) is 35.4 Å². The summed E-state index contributed by atoms with van der Waals surface area (Å²) < 4.78 is 0. The van der Waals surface area contributed by atoms with Crippen molar-refractivity contribution in [3.05, 3.63) is 57.8 Å². The predicted molar refractivity (Wildman–Crippen MR) is 99.8 cm³/mol. The van der Waals surface area contributed by atoms with Crippen LogP contribution in [0.5, 0.6) is 0 Å². The molecule has 0 aliphatic carbocycles. The van der Waals surface area contributed by atoms with Crippen molar-refractivity contribution < 1.29 is 9.59 Å². The number of piperazine rings is 1. The molecule has 0 spiro atoms. The van der Waals surface area contributed by atoms with Crippen LogP contribution in [0.4, 0.5) is 0 Å². The van der Waals surface area contributed by atoms with Gasteiger partial charge in [-0.25, -0.2) is 0 Å². The number of carbonyl (C=O) groups excluding carboxylic acids is 2. The van der Waals surface area contributed by atoms with Crippen LogP contribution in [0.1, 0.15) is 25.6 Å². The molecule has 1 aliphatic heterocycles. The zero-order valence-electron chi connectivity index (χ0n) is 13.6. The third-order valence-corrected chi connectivity index (χ3v) is 5.58. The molecule has 3 rings (SSSR count). The molecule has 0 radical (unpaired) electrons. The van der Waals surface area contributed by atoms with E-state index >= 15 is 0 Å². The highest BCUT2D eigenvalue weighted by Crippen LogP contribution is 2.16. The summed E-state index contributed by atoms with van der Waals surface area (Å²) in [4.78, 5) is 29.4. The van der Waals surface area contributed by atoms with Crippen molar-refractivity contribution in [1.29, 1.82) is 0 Å². The van der Waals surface area contributed by atoms with Crippen molar-refractivity contribution in [2.75, 3.05) is 32.4 Å². The van der Waals surface area contributed by atoms with Crippen molar-refractivity contribution in [2.24, 2.45) is 0 Å². The fourth-order valence-corrected chi connectivity index (χ4v) is 3.98. The largest absolute Gasteiger partial charge is 0.335 e. The Hall–Kier alpha value is -1.79. The van der Waals surface area contributed by atoms with Crippen LogP contribution in [0.2, 0.25) is 0 Å². The molecular weight excluding hydrogens is 340 g/mol. The Morgan fingerprint density at radius 2 is 1.62 bits per heavy atom. The lowest BCUT2D eigenvalue weighted by Gasteiger charge is -2.34. The molecule has 1 aromatic heterocycles. The minimum atomic E-state index is 0.0499. The van der Waals surface area contributed by atoms with Crippen LogP contribution in [0, 0.1) is 0 Å². The third-order valence-electron chi connectivity index (χ3n) is 4.10. The number of benzene rings is 1. The first-order valence-corrected chi connectivity index (χ1v) is 10.2. The lowest BCUT2D eigenvalue weighted by Crippen LogP contribution is -2.50. The summed E-state index contributed by atoms with van der Waals surface area (Å²) in [5.74, 6) is 1.07. The average molecular weight is 361 g/mol. The highest BCUT2D eigenvalue weighted by Gasteiger charge is 2.25. The molecule has 0 saturated carbocycles. The van der Waals surface area contributed by atoms with E-state index in [0.29, 0.717) is 26.2 Å². The summed E-state index contributed by atoms with van der Waals surface area (Å²) in [5.41, 5.74) is 1.95. The highest BCUT2D eigenvalue weighted by molar-refractivity contribution is 7.97. The molecule has 0 bridgehead atoms. The topological polar surface area (TPSA) is 40.6 Å². The maximum absolute atomic E-state index is 12.6. The maximum atomic E-state index is 12.6. The molecule has 2 aromatic rings. The van der Waals surface area contributed by atoms with E-state index in [2.05, 4.69) is 6.26 Å². The molecule has 0 atom stereocenters. The van der Waals surface area contributed by atoms with Crippen molar-refractivity contribution in [3.8, 4) is 0 Å². The van der Waals surface area contributed by atoms with Crippen LogP contribution in [0.25, 0.3) is 0 Å². The molecule has 1 saturated heterocycles. The first-order valence-electron chi connectivity index (χ1n) is 7.89. The second-order valence-corrected chi connectivity index (χ2v) is 7.51. The Balaban J connectivity index is 1.57. The predicted octanol–water partition coefficient (Wildman–Crippen LogP) is 3.21. The van der Waals surface area contributed by atoms with Crippen molar-refractivity contribution in [2.45, 2.75) is 5.75 Å². The minimum Gasteiger partial charge on any atom is -0.335 e.